The first-order valence-corrected chi connectivity index (χ1v) is 13.1. The molecule has 0 atom stereocenters. The number of sulfonamides is 1. The van der Waals surface area contributed by atoms with Gasteiger partial charge in [0.05, 0.1) is 35.9 Å². The van der Waals surface area contributed by atoms with E-state index in [-0.39, 0.29) is 27.3 Å². The molecule has 11 heteroatoms. The van der Waals surface area contributed by atoms with Gasteiger partial charge in [0.25, 0.3) is 15.9 Å². The van der Waals surface area contributed by atoms with Crippen molar-refractivity contribution in [2.45, 2.75) is 9.79 Å². The zero-order chi connectivity index (χ0) is 26.5. The molecule has 3 aromatic rings. The lowest BCUT2D eigenvalue weighted by atomic mass is 10.1. The van der Waals surface area contributed by atoms with Gasteiger partial charge in [0.2, 0.25) is 0 Å². The Kier molecular flexibility index (Phi) is 8.38. The minimum absolute atomic E-state index is 0.0587. The number of carbonyl (C=O) groups is 3. The molecule has 1 amide bonds. The average Bonchev–Trinajstić information content (AvgIpc) is 2.91. The summed E-state index contributed by atoms with van der Waals surface area (Å²) < 4.78 is 36.5. The van der Waals surface area contributed by atoms with Gasteiger partial charge >= 0.3 is 11.9 Å². The van der Waals surface area contributed by atoms with Gasteiger partial charge in [0, 0.05) is 23.2 Å². The van der Waals surface area contributed by atoms with E-state index < -0.39 is 27.9 Å². The number of thioether (sulfide) groups is 1. The summed E-state index contributed by atoms with van der Waals surface area (Å²) in [4.78, 5) is 37.8. The highest BCUT2D eigenvalue weighted by Crippen LogP contribution is 2.25. The van der Waals surface area contributed by atoms with E-state index in [1.54, 1.807) is 24.3 Å². The van der Waals surface area contributed by atoms with E-state index >= 15 is 0 Å². The van der Waals surface area contributed by atoms with Crippen molar-refractivity contribution < 1.29 is 32.3 Å². The van der Waals surface area contributed by atoms with Gasteiger partial charge in [-0.15, -0.1) is 11.8 Å². The van der Waals surface area contributed by atoms with Crippen LogP contribution in [0.2, 0.25) is 0 Å². The lowest BCUT2D eigenvalue weighted by Crippen LogP contribution is -2.26. The third-order valence-electron chi connectivity index (χ3n) is 5.24. The second-order valence-electron chi connectivity index (χ2n) is 7.43. The molecule has 0 fully saturated rings. The highest BCUT2D eigenvalue weighted by atomic mass is 32.2. The Labute approximate surface area is 213 Å². The maximum absolute atomic E-state index is 13.0. The predicted octanol–water partition coefficient (Wildman–Crippen LogP) is 4.06. The van der Waals surface area contributed by atoms with Crippen molar-refractivity contribution in [1.29, 1.82) is 0 Å². The predicted molar refractivity (Wildman–Crippen MR) is 137 cm³/mol. The number of hydrogen-bond donors (Lipinski definition) is 1. The molecule has 0 aliphatic carbocycles. The minimum Gasteiger partial charge on any atom is -0.465 e. The quantitative estimate of drug-likeness (QED) is 0.343. The number of esters is 2. The van der Waals surface area contributed by atoms with Crippen LogP contribution in [-0.2, 0) is 19.5 Å². The van der Waals surface area contributed by atoms with Crippen LogP contribution in [0.1, 0.15) is 31.1 Å². The van der Waals surface area contributed by atoms with Crippen molar-refractivity contribution >= 4 is 51.0 Å². The lowest BCUT2D eigenvalue weighted by molar-refractivity contribution is 0.0598. The van der Waals surface area contributed by atoms with Crippen molar-refractivity contribution in [3.63, 3.8) is 0 Å². The molecule has 0 spiro atoms. The van der Waals surface area contributed by atoms with Crippen molar-refractivity contribution in [3.05, 3.63) is 83.4 Å². The van der Waals surface area contributed by atoms with Gasteiger partial charge in [-0.2, -0.15) is 0 Å². The Hall–Kier alpha value is -3.83. The molecule has 0 saturated heterocycles. The largest absolute Gasteiger partial charge is 0.465 e. The van der Waals surface area contributed by atoms with Gasteiger partial charge in [0.1, 0.15) is 0 Å². The lowest BCUT2D eigenvalue weighted by Gasteiger charge is -2.20. The number of amides is 1. The highest BCUT2D eigenvalue weighted by molar-refractivity contribution is 7.98. The number of nitrogens with one attached hydrogen (secondary N) is 1. The van der Waals surface area contributed by atoms with Crippen LogP contribution in [0.3, 0.4) is 0 Å². The fourth-order valence-electron chi connectivity index (χ4n) is 3.24. The molecule has 0 aromatic heterocycles. The second-order valence-corrected chi connectivity index (χ2v) is 10.3. The molecular formula is C25H24N2O7S2. The standard InChI is InChI=1S/C25H24N2O7S2/c1-27(36(31,32)22-11-9-21(35-4)10-12-22)20-7-5-16(6-8-20)23(28)26-19-14-17(24(29)33-2)13-18(15-19)25(30)34-3/h5-15H,1-4H3,(H,26,28). The number of ether oxygens (including phenoxy) is 2. The SMILES string of the molecule is COC(=O)c1cc(NC(=O)c2ccc(N(C)S(=O)(=O)c3ccc(SC)cc3)cc2)cc(C(=O)OC)c1. The van der Waals surface area contributed by atoms with Crippen molar-refractivity contribution in [3.8, 4) is 0 Å². The molecule has 0 radical (unpaired) electrons. The molecule has 0 heterocycles. The van der Waals surface area contributed by atoms with Crippen LogP contribution < -0.4 is 9.62 Å². The summed E-state index contributed by atoms with van der Waals surface area (Å²) in [6, 6.07) is 16.6. The molecule has 1 N–H and O–H groups in total. The van der Waals surface area contributed by atoms with Gasteiger partial charge in [-0.1, -0.05) is 0 Å². The molecule has 3 rings (SSSR count). The number of nitrogens with zero attached hydrogens (tertiary/aromatic N) is 1. The van der Waals surface area contributed by atoms with Crippen LogP contribution in [0.5, 0.6) is 0 Å². The maximum Gasteiger partial charge on any atom is 0.337 e. The van der Waals surface area contributed by atoms with Crippen LogP contribution in [0.4, 0.5) is 11.4 Å². The van der Waals surface area contributed by atoms with E-state index in [4.69, 9.17) is 9.47 Å². The summed E-state index contributed by atoms with van der Waals surface area (Å²) in [7, 11) is 0.0322. The number of rotatable bonds is 8. The van der Waals surface area contributed by atoms with Gasteiger partial charge in [0.15, 0.2) is 0 Å². The normalized spacial score (nSPS) is 10.9. The first kappa shape index (κ1) is 26.8. The molecule has 0 aliphatic heterocycles. The van der Waals surface area contributed by atoms with Crippen LogP contribution in [0.25, 0.3) is 0 Å². The van der Waals surface area contributed by atoms with E-state index in [0.29, 0.717) is 5.69 Å². The van der Waals surface area contributed by atoms with E-state index in [9.17, 15) is 22.8 Å². The summed E-state index contributed by atoms with van der Waals surface area (Å²) in [6.45, 7) is 0. The fraction of sp³-hybridized carbons (Fsp3) is 0.160. The van der Waals surface area contributed by atoms with E-state index in [1.807, 2.05) is 6.26 Å². The summed E-state index contributed by atoms with van der Waals surface area (Å²) in [6.07, 6.45) is 1.90. The molecule has 36 heavy (non-hydrogen) atoms. The molecule has 0 saturated carbocycles. The Morgan fingerprint density at radius 1 is 0.806 bits per heavy atom. The average molecular weight is 529 g/mol. The topological polar surface area (TPSA) is 119 Å². The van der Waals surface area contributed by atoms with E-state index in [2.05, 4.69) is 5.32 Å². The molecular weight excluding hydrogens is 504 g/mol. The smallest absolute Gasteiger partial charge is 0.337 e. The van der Waals surface area contributed by atoms with Gasteiger partial charge in [-0.05, 0) is 73.0 Å². The second kappa shape index (κ2) is 11.3. The number of methoxy groups -OCH3 is 2. The summed E-state index contributed by atoms with van der Waals surface area (Å²) in [5.41, 5.74) is 0.894. The molecule has 188 valence electrons. The number of carbonyl (C=O) groups excluding carboxylic acids is 3. The highest BCUT2D eigenvalue weighted by Gasteiger charge is 2.22. The van der Waals surface area contributed by atoms with Crippen LogP contribution in [0, 0.1) is 0 Å². The van der Waals surface area contributed by atoms with Crippen LogP contribution >= 0.6 is 11.8 Å². The van der Waals surface area contributed by atoms with E-state index in [1.165, 1.54) is 75.5 Å². The van der Waals surface area contributed by atoms with Gasteiger partial charge in [-0.25, -0.2) is 18.0 Å². The fourth-order valence-corrected chi connectivity index (χ4v) is 4.85. The minimum atomic E-state index is -3.79. The molecule has 0 unspecified atom stereocenters. The zero-order valence-corrected chi connectivity index (χ0v) is 21.6. The van der Waals surface area contributed by atoms with Crippen molar-refractivity contribution in [1.82, 2.24) is 0 Å². The van der Waals surface area contributed by atoms with Crippen molar-refractivity contribution in [2.24, 2.45) is 0 Å². The number of anilines is 2. The first-order valence-electron chi connectivity index (χ1n) is 10.5. The third-order valence-corrected chi connectivity index (χ3v) is 7.79. The molecule has 9 nitrogen and oxygen atoms in total. The Balaban J connectivity index is 1.81. The maximum atomic E-state index is 13.0. The first-order chi connectivity index (χ1) is 17.1. The van der Waals surface area contributed by atoms with Gasteiger partial charge in [-0.3, -0.25) is 9.10 Å². The van der Waals surface area contributed by atoms with Crippen LogP contribution in [-0.4, -0.2) is 53.8 Å². The Bertz CT molecular complexity index is 1350. The third kappa shape index (κ3) is 5.86. The summed E-state index contributed by atoms with van der Waals surface area (Å²) >= 11 is 1.51. The van der Waals surface area contributed by atoms with Gasteiger partial charge < -0.3 is 14.8 Å². The monoisotopic (exact) mass is 528 g/mol. The molecule has 0 aliphatic rings. The number of benzene rings is 3. The molecule has 3 aromatic carbocycles. The summed E-state index contributed by atoms with van der Waals surface area (Å²) in [5, 5.41) is 2.62. The number of hydrogen-bond acceptors (Lipinski definition) is 8. The Morgan fingerprint density at radius 3 is 1.81 bits per heavy atom. The van der Waals surface area contributed by atoms with E-state index in [0.717, 1.165) is 9.20 Å². The Morgan fingerprint density at radius 2 is 1.33 bits per heavy atom. The molecule has 0 bridgehead atoms. The summed E-state index contributed by atoms with van der Waals surface area (Å²) in [5.74, 6) is -1.90. The van der Waals surface area contributed by atoms with Crippen molar-refractivity contribution in [2.75, 3.05) is 37.1 Å². The van der Waals surface area contributed by atoms with Crippen LogP contribution in [0.15, 0.2) is 76.5 Å². The zero-order valence-electron chi connectivity index (χ0n) is 20.0.